The van der Waals surface area contributed by atoms with Crippen molar-refractivity contribution in [3.05, 3.63) is 53.1 Å². The molecule has 190 valence electrons. The lowest BCUT2D eigenvalue weighted by molar-refractivity contribution is -0.142. The number of hydrogen-bond donors (Lipinski definition) is 0. The van der Waals surface area contributed by atoms with Crippen LogP contribution in [0, 0.1) is 0 Å². The van der Waals surface area contributed by atoms with Crippen molar-refractivity contribution in [3.8, 4) is 17.2 Å². The molecule has 0 atom stereocenters. The van der Waals surface area contributed by atoms with Gasteiger partial charge in [-0.2, -0.15) is 11.8 Å². The van der Waals surface area contributed by atoms with Crippen molar-refractivity contribution in [1.29, 1.82) is 0 Å². The Hall–Kier alpha value is -2.67. The maximum absolute atomic E-state index is 13.1. The number of carbonyl (C=O) groups excluding carboxylic acids is 2. The van der Waals surface area contributed by atoms with Crippen molar-refractivity contribution in [2.45, 2.75) is 63.9 Å². The quantitative estimate of drug-likeness (QED) is 0.380. The lowest BCUT2D eigenvalue weighted by atomic mass is 10.1. The van der Waals surface area contributed by atoms with E-state index in [1.165, 1.54) is 6.42 Å². The van der Waals surface area contributed by atoms with Crippen LogP contribution >= 0.6 is 11.8 Å². The van der Waals surface area contributed by atoms with Gasteiger partial charge >= 0.3 is 5.97 Å². The van der Waals surface area contributed by atoms with Gasteiger partial charge in [0.15, 0.2) is 11.5 Å². The predicted octanol–water partition coefficient (Wildman–Crippen LogP) is 6.25. The van der Waals surface area contributed by atoms with Gasteiger partial charge in [0.25, 0.3) is 5.91 Å². The molecule has 2 aromatic rings. The van der Waals surface area contributed by atoms with Gasteiger partial charge in [0, 0.05) is 34.7 Å². The largest absolute Gasteiger partial charge is 0.493 e. The number of piperidine rings is 1. The van der Waals surface area contributed by atoms with Crippen molar-refractivity contribution < 1.29 is 23.8 Å². The van der Waals surface area contributed by atoms with Gasteiger partial charge in [0.2, 0.25) is 0 Å². The molecular formula is C28H37NO5S. The summed E-state index contributed by atoms with van der Waals surface area (Å²) in [5.41, 5.74) is 2.42. The Morgan fingerprint density at radius 2 is 1.69 bits per heavy atom. The second-order valence-corrected chi connectivity index (χ2v) is 11.4. The lowest BCUT2D eigenvalue weighted by Gasteiger charge is -2.27. The summed E-state index contributed by atoms with van der Waals surface area (Å²) in [5, 5.41) is 0. The van der Waals surface area contributed by atoms with Gasteiger partial charge in [-0.3, -0.25) is 9.59 Å². The zero-order valence-electron chi connectivity index (χ0n) is 21.5. The summed E-state index contributed by atoms with van der Waals surface area (Å²) in [7, 11) is 1.59. The van der Waals surface area contributed by atoms with E-state index in [-0.39, 0.29) is 23.0 Å². The molecule has 1 heterocycles. The minimum absolute atomic E-state index is 0.0569. The molecule has 2 aromatic carbocycles. The van der Waals surface area contributed by atoms with E-state index in [1.807, 2.05) is 35.2 Å². The molecule has 1 amide bonds. The van der Waals surface area contributed by atoms with Crippen molar-refractivity contribution in [3.63, 3.8) is 0 Å². The fraction of sp³-hybridized carbons (Fsp3) is 0.500. The van der Waals surface area contributed by atoms with Crippen molar-refractivity contribution in [1.82, 2.24) is 4.90 Å². The van der Waals surface area contributed by atoms with Gasteiger partial charge in [-0.05, 0) is 62.1 Å². The van der Waals surface area contributed by atoms with Crippen molar-refractivity contribution in [2.75, 3.05) is 26.8 Å². The third kappa shape index (κ3) is 7.92. The molecule has 6 nitrogen and oxygen atoms in total. The number of carbonyl (C=O) groups is 2. The third-order valence-corrected chi connectivity index (χ3v) is 7.03. The van der Waals surface area contributed by atoms with Gasteiger partial charge in [0.1, 0.15) is 5.75 Å². The summed E-state index contributed by atoms with van der Waals surface area (Å²) < 4.78 is 17.0. The molecular weight excluding hydrogens is 462 g/mol. The molecule has 3 rings (SSSR count). The summed E-state index contributed by atoms with van der Waals surface area (Å²) in [6.07, 6.45) is 3.45. The van der Waals surface area contributed by atoms with Crippen molar-refractivity contribution >= 4 is 23.6 Å². The number of hydrogen-bond acceptors (Lipinski definition) is 6. The van der Waals surface area contributed by atoms with E-state index < -0.39 is 0 Å². The summed E-state index contributed by atoms with van der Waals surface area (Å²) >= 11 is 1.80. The molecule has 1 aliphatic heterocycles. The first kappa shape index (κ1) is 26.9. The van der Waals surface area contributed by atoms with Gasteiger partial charge < -0.3 is 19.1 Å². The summed E-state index contributed by atoms with van der Waals surface area (Å²) in [5.74, 6) is 2.25. The SMILES string of the molecule is CCOC(=O)Cc1ccc(OC)c(Oc2ccc(C(=O)N3CCCCC3)cc2CSC(C)(C)C)c1. The monoisotopic (exact) mass is 499 g/mol. The second kappa shape index (κ2) is 12.3. The highest BCUT2D eigenvalue weighted by molar-refractivity contribution is 7.99. The highest BCUT2D eigenvalue weighted by Crippen LogP contribution is 2.37. The summed E-state index contributed by atoms with van der Waals surface area (Å²) in [6.45, 7) is 10.3. The first-order valence-electron chi connectivity index (χ1n) is 12.3. The molecule has 0 bridgehead atoms. The Morgan fingerprint density at radius 1 is 0.971 bits per heavy atom. The van der Waals surface area contributed by atoms with E-state index in [4.69, 9.17) is 14.2 Å². The Bertz CT molecular complexity index is 1020. The smallest absolute Gasteiger partial charge is 0.310 e. The first-order chi connectivity index (χ1) is 16.7. The van der Waals surface area contributed by atoms with Crippen LogP contribution in [0.1, 0.15) is 68.4 Å². The van der Waals surface area contributed by atoms with E-state index in [1.54, 1.807) is 31.9 Å². The first-order valence-corrected chi connectivity index (χ1v) is 13.2. The standard InChI is InChI=1S/C28H37NO5S/c1-6-33-26(30)17-20-10-12-24(32-5)25(16-20)34-23-13-11-21(18-22(23)19-35-28(2,3)4)27(31)29-14-8-7-9-15-29/h10-13,16,18H,6-9,14-15,17,19H2,1-5H3. The number of thioether (sulfide) groups is 1. The lowest BCUT2D eigenvalue weighted by Crippen LogP contribution is -2.35. The van der Waals surface area contributed by atoms with Crippen LogP contribution in [-0.2, 0) is 21.7 Å². The van der Waals surface area contributed by atoms with Gasteiger partial charge in [0.05, 0.1) is 20.1 Å². The Labute approximate surface area is 213 Å². The predicted molar refractivity (Wildman–Crippen MR) is 141 cm³/mol. The van der Waals surface area contributed by atoms with E-state index in [9.17, 15) is 9.59 Å². The molecule has 7 heteroatoms. The van der Waals surface area contributed by atoms with Crippen LogP contribution < -0.4 is 9.47 Å². The molecule has 1 aliphatic rings. The fourth-order valence-corrected chi connectivity index (χ4v) is 4.72. The Morgan fingerprint density at radius 3 is 2.34 bits per heavy atom. The molecule has 0 N–H and O–H groups in total. The summed E-state index contributed by atoms with van der Waals surface area (Å²) in [4.78, 5) is 27.1. The highest BCUT2D eigenvalue weighted by Gasteiger charge is 2.21. The van der Waals surface area contributed by atoms with Crippen LogP contribution in [0.25, 0.3) is 0 Å². The number of ether oxygens (including phenoxy) is 3. The average Bonchev–Trinajstić information content (AvgIpc) is 2.83. The van der Waals surface area contributed by atoms with Crippen molar-refractivity contribution in [2.24, 2.45) is 0 Å². The molecule has 0 spiro atoms. The van der Waals surface area contributed by atoms with Crippen LogP contribution in [0.3, 0.4) is 0 Å². The zero-order chi connectivity index (χ0) is 25.4. The normalized spacial score (nSPS) is 13.9. The van der Waals surface area contributed by atoms with Crippen LogP contribution in [0.15, 0.2) is 36.4 Å². The van der Waals surface area contributed by atoms with Gasteiger partial charge in [-0.15, -0.1) is 0 Å². The minimum Gasteiger partial charge on any atom is -0.493 e. The molecule has 35 heavy (non-hydrogen) atoms. The Balaban J connectivity index is 1.90. The number of likely N-dealkylation sites (tertiary alicyclic amines) is 1. The Kier molecular flexibility index (Phi) is 9.49. The van der Waals surface area contributed by atoms with Crippen LogP contribution in [-0.4, -0.2) is 48.3 Å². The molecule has 0 unspecified atom stereocenters. The van der Waals surface area contributed by atoms with Crippen LogP contribution in [0.5, 0.6) is 17.2 Å². The van der Waals surface area contributed by atoms with Gasteiger partial charge in [-0.1, -0.05) is 26.8 Å². The number of amides is 1. The van der Waals surface area contributed by atoms with Crippen LogP contribution in [0.2, 0.25) is 0 Å². The fourth-order valence-electron chi connectivity index (χ4n) is 3.91. The van der Waals surface area contributed by atoms with E-state index >= 15 is 0 Å². The number of nitrogens with zero attached hydrogens (tertiary/aromatic N) is 1. The number of esters is 1. The van der Waals surface area contributed by atoms with Crippen LogP contribution in [0.4, 0.5) is 0 Å². The molecule has 1 saturated heterocycles. The number of rotatable bonds is 9. The second-order valence-electron chi connectivity index (χ2n) is 9.65. The highest BCUT2D eigenvalue weighted by atomic mass is 32.2. The third-order valence-electron chi connectivity index (χ3n) is 5.71. The maximum atomic E-state index is 13.1. The van der Waals surface area contributed by atoms with E-state index in [2.05, 4.69) is 20.8 Å². The molecule has 0 radical (unpaired) electrons. The molecule has 1 fully saturated rings. The topological polar surface area (TPSA) is 65.1 Å². The summed E-state index contributed by atoms with van der Waals surface area (Å²) in [6, 6.07) is 11.1. The average molecular weight is 500 g/mol. The molecule has 0 saturated carbocycles. The molecule has 0 aliphatic carbocycles. The molecule has 0 aromatic heterocycles. The maximum Gasteiger partial charge on any atom is 0.310 e. The van der Waals surface area contributed by atoms with Gasteiger partial charge in [-0.25, -0.2) is 0 Å². The minimum atomic E-state index is -0.286. The van der Waals surface area contributed by atoms with E-state index in [0.717, 1.165) is 37.1 Å². The zero-order valence-corrected chi connectivity index (χ0v) is 22.3. The van der Waals surface area contributed by atoms with E-state index in [0.29, 0.717) is 35.2 Å². The number of benzene rings is 2. The number of methoxy groups -OCH3 is 1.